The molecule has 2 aliphatic rings. The summed E-state index contributed by atoms with van der Waals surface area (Å²) < 4.78 is 1.63. The number of fused-ring (bicyclic) bond motifs is 2. The lowest BCUT2D eigenvalue weighted by molar-refractivity contribution is 0.0691. The summed E-state index contributed by atoms with van der Waals surface area (Å²) in [6.07, 6.45) is 1.26. The van der Waals surface area contributed by atoms with Crippen molar-refractivity contribution in [2.45, 2.75) is 26.3 Å². The predicted molar refractivity (Wildman–Crippen MR) is 123 cm³/mol. The quantitative estimate of drug-likeness (QED) is 0.616. The minimum atomic E-state index is -1.22. The van der Waals surface area contributed by atoms with E-state index in [9.17, 15) is 14.7 Å². The molecule has 33 heavy (non-hydrogen) atoms. The van der Waals surface area contributed by atoms with Gasteiger partial charge in [0.1, 0.15) is 11.8 Å². The van der Waals surface area contributed by atoms with Gasteiger partial charge in [-0.1, -0.05) is 6.07 Å². The maximum Gasteiger partial charge on any atom is 0.356 e. The van der Waals surface area contributed by atoms with E-state index < -0.39 is 5.97 Å². The SMILES string of the molecule is Cc1cc([C@H](C)Nc2ccc(C#N)nc2C(=O)O)c2nc(N3CC4CC4C3)n(C)c(=O)c2c1. The molecule has 0 radical (unpaired) electrons. The van der Waals surface area contributed by atoms with Gasteiger partial charge in [0.2, 0.25) is 5.95 Å². The molecule has 2 aromatic heterocycles. The molecular weight excluding hydrogens is 420 g/mol. The molecule has 1 saturated carbocycles. The number of benzene rings is 1. The molecule has 5 rings (SSSR count). The molecule has 3 atom stereocenters. The zero-order valence-electron chi connectivity index (χ0n) is 18.7. The third kappa shape index (κ3) is 3.57. The number of hydrogen-bond acceptors (Lipinski definition) is 7. The van der Waals surface area contributed by atoms with Gasteiger partial charge in [0.25, 0.3) is 5.56 Å². The van der Waals surface area contributed by atoms with Crippen LogP contribution < -0.4 is 15.8 Å². The van der Waals surface area contributed by atoms with E-state index in [4.69, 9.17) is 10.2 Å². The molecule has 2 N–H and O–H groups in total. The first-order valence-corrected chi connectivity index (χ1v) is 10.9. The van der Waals surface area contributed by atoms with Crippen molar-refractivity contribution in [1.29, 1.82) is 5.26 Å². The smallest absolute Gasteiger partial charge is 0.356 e. The van der Waals surface area contributed by atoms with Gasteiger partial charge in [-0.15, -0.1) is 0 Å². The number of carbonyl (C=O) groups is 1. The van der Waals surface area contributed by atoms with Crippen LogP contribution in [0.5, 0.6) is 0 Å². The molecular formula is C24H24N6O3. The Bertz CT molecular complexity index is 1400. The Kier molecular flexibility index (Phi) is 4.81. The van der Waals surface area contributed by atoms with Crippen LogP contribution in [-0.4, -0.2) is 38.7 Å². The highest BCUT2D eigenvalue weighted by Gasteiger charge is 2.46. The standard InChI is InChI=1S/C24H24N6O3/c1-12-6-17(13(2)26-19-5-4-16(9-25)27-21(19)23(32)33)20-18(7-12)22(31)29(3)24(28-20)30-10-14-8-15(14)11-30/h4-7,13-15,26H,8,10-11H2,1-3H3,(H,32,33)/t13-,14?,15?/m0/s1. The largest absolute Gasteiger partial charge is 0.476 e. The summed E-state index contributed by atoms with van der Waals surface area (Å²) in [5.74, 6) is 0.851. The van der Waals surface area contributed by atoms with E-state index in [1.54, 1.807) is 11.6 Å². The van der Waals surface area contributed by atoms with Crippen LogP contribution in [0.3, 0.4) is 0 Å². The van der Waals surface area contributed by atoms with Gasteiger partial charge in [-0.3, -0.25) is 9.36 Å². The Balaban J connectivity index is 1.59. The number of carboxylic acid groups (broad SMARTS) is 1. The first kappa shape index (κ1) is 20.9. The van der Waals surface area contributed by atoms with Gasteiger partial charge in [0.05, 0.1) is 22.6 Å². The number of pyridine rings is 1. The van der Waals surface area contributed by atoms with Crippen molar-refractivity contribution in [3.63, 3.8) is 0 Å². The minimum absolute atomic E-state index is 0.0325. The van der Waals surface area contributed by atoms with Crippen LogP contribution in [0.25, 0.3) is 10.9 Å². The summed E-state index contributed by atoms with van der Waals surface area (Å²) in [7, 11) is 1.76. The van der Waals surface area contributed by atoms with Crippen LogP contribution in [0, 0.1) is 30.1 Å². The van der Waals surface area contributed by atoms with Crippen LogP contribution in [0.2, 0.25) is 0 Å². The molecule has 0 spiro atoms. The van der Waals surface area contributed by atoms with E-state index in [0.29, 0.717) is 34.4 Å². The van der Waals surface area contributed by atoms with Crippen molar-refractivity contribution in [3.8, 4) is 6.07 Å². The number of aromatic carboxylic acids is 1. The molecule has 2 fully saturated rings. The van der Waals surface area contributed by atoms with E-state index >= 15 is 0 Å². The summed E-state index contributed by atoms with van der Waals surface area (Å²) in [6.45, 7) is 5.65. The molecule has 1 saturated heterocycles. The number of carboxylic acids is 1. The second kappa shape index (κ2) is 7.59. The van der Waals surface area contributed by atoms with Crippen molar-refractivity contribution in [3.05, 3.63) is 57.1 Å². The fourth-order valence-corrected chi connectivity index (χ4v) is 4.83. The van der Waals surface area contributed by atoms with E-state index in [1.807, 2.05) is 32.0 Å². The summed E-state index contributed by atoms with van der Waals surface area (Å²) in [5.41, 5.74) is 2.33. The lowest BCUT2D eigenvalue weighted by Crippen LogP contribution is -2.31. The zero-order valence-corrected chi connectivity index (χ0v) is 18.7. The number of aryl methyl sites for hydroxylation is 1. The second-order valence-corrected chi connectivity index (χ2v) is 9.06. The van der Waals surface area contributed by atoms with Crippen molar-refractivity contribution < 1.29 is 9.90 Å². The van der Waals surface area contributed by atoms with Crippen molar-refractivity contribution in [2.24, 2.45) is 18.9 Å². The van der Waals surface area contributed by atoms with Gasteiger partial charge >= 0.3 is 5.97 Å². The first-order chi connectivity index (χ1) is 15.8. The lowest BCUT2D eigenvalue weighted by Gasteiger charge is -2.24. The van der Waals surface area contributed by atoms with Crippen LogP contribution in [0.1, 0.15) is 46.7 Å². The molecule has 3 heterocycles. The number of rotatable bonds is 5. The summed E-state index contributed by atoms with van der Waals surface area (Å²) in [4.78, 5) is 36.0. The predicted octanol–water partition coefficient (Wildman–Crippen LogP) is 2.84. The Morgan fingerprint density at radius 1 is 1.27 bits per heavy atom. The maximum absolute atomic E-state index is 13.3. The fraction of sp³-hybridized carbons (Fsp3) is 0.375. The fourth-order valence-electron chi connectivity index (χ4n) is 4.83. The second-order valence-electron chi connectivity index (χ2n) is 9.06. The number of aromatic nitrogens is 3. The molecule has 1 aliphatic heterocycles. The van der Waals surface area contributed by atoms with Gasteiger partial charge in [-0.25, -0.2) is 14.8 Å². The highest BCUT2D eigenvalue weighted by atomic mass is 16.4. The average Bonchev–Trinajstić information content (AvgIpc) is 3.40. The topological polar surface area (TPSA) is 124 Å². The number of nitrogens with one attached hydrogen (secondary N) is 1. The molecule has 1 aromatic carbocycles. The minimum Gasteiger partial charge on any atom is -0.476 e. The van der Waals surface area contributed by atoms with Crippen LogP contribution in [0.15, 0.2) is 29.1 Å². The lowest BCUT2D eigenvalue weighted by atomic mass is 10.0. The average molecular weight is 444 g/mol. The summed E-state index contributed by atoms with van der Waals surface area (Å²) in [6, 6.07) is 8.33. The molecule has 3 aromatic rings. The third-order valence-electron chi connectivity index (χ3n) is 6.64. The van der Waals surface area contributed by atoms with E-state index in [-0.39, 0.29) is 23.0 Å². The van der Waals surface area contributed by atoms with Crippen LogP contribution in [-0.2, 0) is 7.05 Å². The molecule has 0 bridgehead atoms. The molecule has 168 valence electrons. The van der Waals surface area contributed by atoms with Gasteiger partial charge < -0.3 is 15.3 Å². The Hall–Kier alpha value is -3.93. The Morgan fingerprint density at radius 3 is 2.67 bits per heavy atom. The molecule has 9 heteroatoms. The van der Waals surface area contributed by atoms with Crippen molar-refractivity contribution in [1.82, 2.24) is 14.5 Å². The van der Waals surface area contributed by atoms with E-state index in [2.05, 4.69) is 15.2 Å². The molecule has 2 unspecified atom stereocenters. The summed E-state index contributed by atoms with van der Waals surface area (Å²) in [5, 5.41) is 22.4. The van der Waals surface area contributed by atoms with E-state index in [1.165, 1.54) is 18.6 Å². The third-order valence-corrected chi connectivity index (χ3v) is 6.64. The molecule has 1 aliphatic carbocycles. The Morgan fingerprint density at radius 2 is 2.00 bits per heavy atom. The number of piperidine rings is 1. The van der Waals surface area contributed by atoms with Crippen LogP contribution >= 0.6 is 0 Å². The first-order valence-electron chi connectivity index (χ1n) is 10.9. The molecule has 9 nitrogen and oxygen atoms in total. The van der Waals surface area contributed by atoms with E-state index in [0.717, 1.165) is 24.2 Å². The van der Waals surface area contributed by atoms with Gasteiger partial charge in [0, 0.05) is 25.7 Å². The van der Waals surface area contributed by atoms with Crippen LogP contribution in [0.4, 0.5) is 11.6 Å². The summed E-state index contributed by atoms with van der Waals surface area (Å²) >= 11 is 0. The highest BCUT2D eigenvalue weighted by molar-refractivity contribution is 5.92. The number of nitrogens with zero attached hydrogens (tertiary/aromatic N) is 5. The number of anilines is 2. The van der Waals surface area contributed by atoms with Crippen molar-refractivity contribution in [2.75, 3.05) is 23.3 Å². The van der Waals surface area contributed by atoms with Gasteiger partial charge in [-0.2, -0.15) is 5.26 Å². The maximum atomic E-state index is 13.3. The monoisotopic (exact) mass is 444 g/mol. The number of nitriles is 1. The van der Waals surface area contributed by atoms with Crippen molar-refractivity contribution >= 4 is 28.5 Å². The Labute approximate surface area is 190 Å². The molecule has 0 amide bonds. The zero-order chi connectivity index (χ0) is 23.4. The van der Waals surface area contributed by atoms with Gasteiger partial charge in [-0.05, 0) is 55.9 Å². The normalized spacial score (nSPS) is 19.8. The highest BCUT2D eigenvalue weighted by Crippen LogP contribution is 2.46. The number of hydrogen-bond donors (Lipinski definition) is 2. The van der Waals surface area contributed by atoms with Gasteiger partial charge in [0.15, 0.2) is 5.69 Å².